The van der Waals surface area contributed by atoms with Gasteiger partial charge in [0.1, 0.15) is 11.6 Å². The Kier molecular flexibility index (Phi) is 5.72. The highest BCUT2D eigenvalue weighted by Gasteiger charge is 2.50. The van der Waals surface area contributed by atoms with Crippen LogP contribution in [0.25, 0.3) is 0 Å². The van der Waals surface area contributed by atoms with Gasteiger partial charge in [-0.15, -0.1) is 0 Å². The third-order valence-electron chi connectivity index (χ3n) is 5.76. The Bertz CT molecular complexity index is 1030. The molecule has 2 N–H and O–H groups in total. The second kappa shape index (κ2) is 8.48. The van der Waals surface area contributed by atoms with Crippen LogP contribution < -0.4 is 15.5 Å². The maximum absolute atomic E-state index is 13.6. The van der Waals surface area contributed by atoms with Crippen molar-refractivity contribution in [2.75, 3.05) is 24.5 Å². The van der Waals surface area contributed by atoms with Crippen molar-refractivity contribution >= 4 is 23.5 Å². The number of carbonyl (C=O) groups is 3. The number of hydrogen-bond donors (Lipinski definition) is 2. The first-order chi connectivity index (χ1) is 15.3. The molecule has 168 valence electrons. The molecular weight excluding hydrogens is 422 g/mol. The number of amides is 4. The summed E-state index contributed by atoms with van der Waals surface area (Å²) in [5.74, 6) is -2.01. The molecule has 11 heteroatoms. The molecule has 2 aliphatic rings. The van der Waals surface area contributed by atoms with Crippen LogP contribution in [0, 0.1) is 11.6 Å². The monoisotopic (exact) mass is 444 g/mol. The molecule has 2 aromatic rings. The summed E-state index contributed by atoms with van der Waals surface area (Å²) in [5.41, 5.74) is -1.09. The average molecular weight is 444 g/mol. The molecule has 2 aliphatic heterocycles. The smallest absolute Gasteiger partial charge is 0.322 e. The molecule has 4 amide bonds. The zero-order chi connectivity index (χ0) is 22.9. The summed E-state index contributed by atoms with van der Waals surface area (Å²) in [7, 11) is 0. The topological polar surface area (TPSA) is 108 Å². The van der Waals surface area contributed by atoms with Crippen molar-refractivity contribution in [1.29, 1.82) is 0 Å². The number of rotatable bonds is 5. The number of urea groups is 1. The molecule has 3 heterocycles. The molecule has 4 rings (SSSR count). The number of hydrogen-bond acceptors (Lipinski definition) is 6. The fourth-order valence-corrected chi connectivity index (χ4v) is 4.18. The zero-order valence-corrected chi connectivity index (χ0v) is 17.3. The third-order valence-corrected chi connectivity index (χ3v) is 5.76. The number of imide groups is 1. The summed E-state index contributed by atoms with van der Waals surface area (Å²) in [4.78, 5) is 48.9. The van der Waals surface area contributed by atoms with Crippen LogP contribution in [0.4, 0.5) is 19.3 Å². The highest BCUT2D eigenvalue weighted by atomic mass is 19.1. The number of carbonyl (C=O) groups excluding carboxylic acids is 3. The fraction of sp³-hybridized carbons (Fsp3) is 0.381. The molecular formula is C21H22F2N6O3. The molecule has 9 nitrogen and oxygen atoms in total. The summed E-state index contributed by atoms with van der Waals surface area (Å²) in [6.07, 6.45) is 2.89. The largest absolute Gasteiger partial charge is 0.365 e. The van der Waals surface area contributed by atoms with Crippen LogP contribution in [0.3, 0.4) is 0 Å². The van der Waals surface area contributed by atoms with E-state index in [-0.39, 0.29) is 30.6 Å². The van der Waals surface area contributed by atoms with E-state index in [1.165, 1.54) is 24.5 Å². The van der Waals surface area contributed by atoms with Crippen LogP contribution in [0.15, 0.2) is 36.7 Å². The van der Waals surface area contributed by atoms with Crippen LogP contribution in [-0.4, -0.2) is 58.4 Å². The van der Waals surface area contributed by atoms with Crippen LogP contribution in [-0.2, 0) is 15.1 Å². The predicted octanol–water partition coefficient (Wildman–Crippen LogP) is 1.31. The molecule has 32 heavy (non-hydrogen) atoms. The molecule has 2 saturated heterocycles. The standard InChI is InChI=1S/C21H22F2N6O3/c1-13-12-28(7-8-29(13)16-10-14(22)9-15(23)11-16)17(30)3-4-21(18-24-5-2-6-25-18)19(31)26-20(32)27-21/h2,5-6,9-11,13H,3-4,7-8,12H2,1H3,(H2,26,27,31,32)/t13-,21?/m0/s1. The Morgan fingerprint density at radius 3 is 2.44 bits per heavy atom. The number of halogens is 2. The van der Waals surface area contributed by atoms with E-state index in [0.29, 0.717) is 25.3 Å². The fourth-order valence-electron chi connectivity index (χ4n) is 4.18. The van der Waals surface area contributed by atoms with Crippen molar-refractivity contribution in [3.8, 4) is 0 Å². The highest BCUT2D eigenvalue weighted by molar-refractivity contribution is 6.07. The second-order valence-corrected chi connectivity index (χ2v) is 7.90. The minimum absolute atomic E-state index is 0.00285. The van der Waals surface area contributed by atoms with Crippen molar-refractivity contribution in [3.05, 3.63) is 54.1 Å². The van der Waals surface area contributed by atoms with Crippen molar-refractivity contribution in [2.24, 2.45) is 0 Å². The van der Waals surface area contributed by atoms with Gasteiger partial charge in [0.05, 0.1) is 0 Å². The van der Waals surface area contributed by atoms with Crippen LogP contribution in [0.1, 0.15) is 25.6 Å². The van der Waals surface area contributed by atoms with Crippen molar-refractivity contribution in [2.45, 2.75) is 31.3 Å². The van der Waals surface area contributed by atoms with Crippen molar-refractivity contribution in [3.63, 3.8) is 0 Å². The quantitative estimate of drug-likeness (QED) is 0.674. The molecule has 0 spiro atoms. The molecule has 2 fully saturated rings. The van der Waals surface area contributed by atoms with Gasteiger partial charge in [-0.25, -0.2) is 23.5 Å². The Hall–Kier alpha value is -3.63. The van der Waals surface area contributed by atoms with Gasteiger partial charge >= 0.3 is 6.03 Å². The van der Waals surface area contributed by atoms with Gasteiger partial charge in [0, 0.05) is 56.2 Å². The van der Waals surface area contributed by atoms with E-state index in [1.54, 1.807) is 11.0 Å². The second-order valence-electron chi connectivity index (χ2n) is 7.90. The van der Waals surface area contributed by atoms with Crippen molar-refractivity contribution < 1.29 is 23.2 Å². The lowest BCUT2D eigenvalue weighted by Gasteiger charge is -2.41. The van der Waals surface area contributed by atoms with Gasteiger partial charge in [0.2, 0.25) is 5.91 Å². The summed E-state index contributed by atoms with van der Waals surface area (Å²) in [5, 5.41) is 4.75. The lowest BCUT2D eigenvalue weighted by atomic mass is 9.91. The number of anilines is 1. The first kappa shape index (κ1) is 21.6. The Balaban J connectivity index is 1.43. The minimum atomic E-state index is -1.51. The molecule has 0 aliphatic carbocycles. The number of piperazine rings is 1. The third kappa shape index (κ3) is 4.10. The lowest BCUT2D eigenvalue weighted by molar-refractivity contribution is -0.133. The molecule has 1 aromatic heterocycles. The lowest BCUT2D eigenvalue weighted by Crippen LogP contribution is -2.54. The molecule has 1 aromatic carbocycles. The van der Waals surface area contributed by atoms with Gasteiger partial charge in [-0.05, 0) is 31.5 Å². The predicted molar refractivity (Wildman–Crippen MR) is 109 cm³/mol. The number of benzene rings is 1. The highest BCUT2D eigenvalue weighted by Crippen LogP contribution is 2.28. The summed E-state index contributed by atoms with van der Waals surface area (Å²) >= 11 is 0. The van der Waals surface area contributed by atoms with E-state index < -0.39 is 29.1 Å². The van der Waals surface area contributed by atoms with E-state index in [9.17, 15) is 23.2 Å². The van der Waals surface area contributed by atoms with E-state index in [2.05, 4.69) is 20.6 Å². The average Bonchev–Trinajstić information content (AvgIpc) is 3.05. The first-order valence-electron chi connectivity index (χ1n) is 10.2. The summed E-state index contributed by atoms with van der Waals surface area (Å²) in [6.45, 7) is 2.98. The molecule has 1 unspecified atom stereocenters. The SMILES string of the molecule is C[C@H]1CN(C(=O)CCC2(c3ncccn3)NC(=O)NC2=O)CCN1c1cc(F)cc(F)c1. The van der Waals surface area contributed by atoms with Gasteiger partial charge in [0.25, 0.3) is 5.91 Å². The van der Waals surface area contributed by atoms with E-state index >= 15 is 0 Å². The summed E-state index contributed by atoms with van der Waals surface area (Å²) in [6, 6.07) is 4.10. The first-order valence-corrected chi connectivity index (χ1v) is 10.2. The molecule has 0 bridgehead atoms. The number of nitrogens with zero attached hydrogens (tertiary/aromatic N) is 4. The Morgan fingerprint density at radius 1 is 1.16 bits per heavy atom. The van der Waals surface area contributed by atoms with Crippen LogP contribution in [0.5, 0.6) is 0 Å². The zero-order valence-electron chi connectivity index (χ0n) is 17.3. The maximum atomic E-state index is 13.6. The Labute approximate surface area is 182 Å². The maximum Gasteiger partial charge on any atom is 0.322 e. The van der Waals surface area contributed by atoms with E-state index in [0.717, 1.165) is 6.07 Å². The van der Waals surface area contributed by atoms with Gasteiger partial charge in [-0.3, -0.25) is 14.9 Å². The van der Waals surface area contributed by atoms with Gasteiger partial charge in [0.15, 0.2) is 11.4 Å². The molecule has 0 saturated carbocycles. The molecule has 0 radical (unpaired) electrons. The molecule has 2 atom stereocenters. The normalized spacial score (nSPS) is 23.2. The Morgan fingerprint density at radius 2 is 1.84 bits per heavy atom. The number of aromatic nitrogens is 2. The van der Waals surface area contributed by atoms with Gasteiger partial charge in [-0.2, -0.15) is 0 Å². The van der Waals surface area contributed by atoms with Crippen LogP contribution >= 0.6 is 0 Å². The van der Waals surface area contributed by atoms with E-state index in [4.69, 9.17) is 0 Å². The van der Waals surface area contributed by atoms with Gasteiger partial charge in [-0.1, -0.05) is 0 Å². The summed E-state index contributed by atoms with van der Waals surface area (Å²) < 4.78 is 27.2. The van der Waals surface area contributed by atoms with Gasteiger partial charge < -0.3 is 15.1 Å². The van der Waals surface area contributed by atoms with E-state index in [1.807, 2.05) is 11.8 Å². The van der Waals surface area contributed by atoms with Crippen molar-refractivity contribution in [1.82, 2.24) is 25.5 Å². The van der Waals surface area contributed by atoms with Crippen LogP contribution in [0.2, 0.25) is 0 Å². The minimum Gasteiger partial charge on any atom is -0.365 e. The number of nitrogens with one attached hydrogen (secondary N) is 2.